The molecule has 0 aliphatic heterocycles. The highest BCUT2D eigenvalue weighted by atomic mass is 32.2. The van der Waals surface area contributed by atoms with Gasteiger partial charge in [0.25, 0.3) is 5.91 Å². The van der Waals surface area contributed by atoms with E-state index in [4.69, 9.17) is 0 Å². The quantitative estimate of drug-likeness (QED) is 0.672. The zero-order chi connectivity index (χ0) is 18.5. The fourth-order valence-electron chi connectivity index (χ4n) is 2.36. The lowest BCUT2D eigenvalue weighted by molar-refractivity contribution is 0.102. The van der Waals surface area contributed by atoms with Gasteiger partial charge in [0, 0.05) is 24.2 Å². The first-order chi connectivity index (χ1) is 12.6. The predicted molar refractivity (Wildman–Crippen MR) is 101 cm³/mol. The molecule has 0 aliphatic rings. The highest BCUT2D eigenvalue weighted by Gasteiger charge is 2.14. The smallest absolute Gasteiger partial charge is 0.275 e. The van der Waals surface area contributed by atoms with Gasteiger partial charge in [-0.2, -0.15) is 0 Å². The van der Waals surface area contributed by atoms with Crippen molar-refractivity contribution < 1.29 is 4.79 Å². The molecule has 0 bridgehead atoms. The second-order valence-electron chi connectivity index (χ2n) is 5.78. The number of aromatic nitrogens is 5. The van der Waals surface area contributed by atoms with Crippen LogP contribution in [0.3, 0.4) is 0 Å². The second kappa shape index (κ2) is 8.09. The maximum Gasteiger partial charge on any atom is 0.275 e. The van der Waals surface area contributed by atoms with Crippen LogP contribution in [0, 0.1) is 0 Å². The van der Waals surface area contributed by atoms with Crippen LogP contribution in [-0.2, 0) is 13.5 Å². The van der Waals surface area contributed by atoms with Gasteiger partial charge in [0.15, 0.2) is 5.16 Å². The normalized spacial score (nSPS) is 12.0. The lowest BCUT2D eigenvalue weighted by atomic mass is 10.2. The van der Waals surface area contributed by atoms with Gasteiger partial charge < -0.3 is 9.88 Å². The second-order valence-corrected chi connectivity index (χ2v) is 7.09. The summed E-state index contributed by atoms with van der Waals surface area (Å²) in [5.74, 6) is 0.236. The van der Waals surface area contributed by atoms with Crippen molar-refractivity contribution in [3.63, 3.8) is 0 Å². The Kier molecular flexibility index (Phi) is 5.62. The molecular weight excluding hydrogens is 348 g/mol. The highest BCUT2D eigenvalue weighted by molar-refractivity contribution is 7.99. The standard InChI is InChI=1S/C18H20N6OS/c1-4-14-6-5-7-15(21-14)17(25)22-16-10-13(8-9-19-16)12(2)26-18-23-20-11-24(18)3/h5-12H,4H2,1-3H3,(H,19,22,25)/t12-/m0/s1. The fraction of sp³-hybridized carbons (Fsp3) is 0.278. The lowest BCUT2D eigenvalue weighted by Gasteiger charge is -2.12. The molecule has 0 saturated heterocycles. The molecule has 1 amide bonds. The van der Waals surface area contributed by atoms with E-state index in [2.05, 4.69) is 32.4 Å². The molecule has 0 unspecified atom stereocenters. The van der Waals surface area contributed by atoms with E-state index in [1.807, 2.05) is 42.8 Å². The van der Waals surface area contributed by atoms with Crippen molar-refractivity contribution in [3.05, 3.63) is 59.8 Å². The summed E-state index contributed by atoms with van der Waals surface area (Å²) in [5, 5.41) is 11.8. The van der Waals surface area contributed by atoms with Gasteiger partial charge >= 0.3 is 0 Å². The predicted octanol–water partition coefficient (Wildman–Crippen LogP) is 3.27. The Morgan fingerprint density at radius 3 is 2.92 bits per heavy atom. The summed E-state index contributed by atoms with van der Waals surface area (Å²) in [6.07, 6.45) is 4.14. The molecule has 0 radical (unpaired) electrons. The molecule has 1 atom stereocenters. The summed E-state index contributed by atoms with van der Waals surface area (Å²) in [7, 11) is 1.91. The minimum Gasteiger partial charge on any atom is -0.312 e. The molecule has 134 valence electrons. The van der Waals surface area contributed by atoms with Crippen LogP contribution in [0.1, 0.15) is 40.8 Å². The number of nitrogens with zero attached hydrogens (tertiary/aromatic N) is 5. The van der Waals surface area contributed by atoms with Gasteiger partial charge in [-0.25, -0.2) is 9.97 Å². The summed E-state index contributed by atoms with van der Waals surface area (Å²) < 4.78 is 1.87. The van der Waals surface area contributed by atoms with E-state index in [1.54, 1.807) is 30.4 Å². The van der Waals surface area contributed by atoms with Crippen molar-refractivity contribution in [2.24, 2.45) is 7.05 Å². The Hall–Kier alpha value is -2.74. The van der Waals surface area contributed by atoms with Crippen molar-refractivity contribution in [2.45, 2.75) is 30.7 Å². The molecule has 0 aromatic carbocycles. The number of anilines is 1. The number of hydrogen-bond donors (Lipinski definition) is 1. The van der Waals surface area contributed by atoms with Crippen molar-refractivity contribution in [2.75, 3.05) is 5.32 Å². The summed E-state index contributed by atoms with van der Waals surface area (Å²) in [4.78, 5) is 21.0. The molecule has 0 spiro atoms. The number of nitrogens with one attached hydrogen (secondary N) is 1. The van der Waals surface area contributed by atoms with Gasteiger partial charge in [0.05, 0.1) is 0 Å². The Labute approximate surface area is 156 Å². The first-order valence-electron chi connectivity index (χ1n) is 8.30. The molecule has 26 heavy (non-hydrogen) atoms. The van der Waals surface area contributed by atoms with Crippen molar-refractivity contribution >= 4 is 23.5 Å². The molecule has 3 aromatic heterocycles. The minimum atomic E-state index is -0.265. The zero-order valence-corrected chi connectivity index (χ0v) is 15.7. The molecule has 1 N–H and O–H groups in total. The van der Waals surface area contributed by atoms with Crippen molar-refractivity contribution in [1.82, 2.24) is 24.7 Å². The number of aryl methyl sites for hydroxylation is 2. The van der Waals surface area contributed by atoms with Gasteiger partial charge in [-0.1, -0.05) is 24.8 Å². The van der Waals surface area contributed by atoms with Gasteiger partial charge in [-0.05, 0) is 43.2 Å². The minimum absolute atomic E-state index is 0.137. The topological polar surface area (TPSA) is 85.6 Å². The van der Waals surface area contributed by atoms with Gasteiger partial charge in [-0.15, -0.1) is 10.2 Å². The largest absolute Gasteiger partial charge is 0.312 e. The first-order valence-corrected chi connectivity index (χ1v) is 9.18. The van der Waals surface area contributed by atoms with Crippen LogP contribution in [0.4, 0.5) is 5.82 Å². The molecule has 0 fully saturated rings. The zero-order valence-electron chi connectivity index (χ0n) is 14.9. The van der Waals surface area contributed by atoms with E-state index < -0.39 is 0 Å². The third-order valence-corrected chi connectivity index (χ3v) is 5.05. The van der Waals surface area contributed by atoms with E-state index in [9.17, 15) is 4.79 Å². The Bertz CT molecular complexity index is 910. The van der Waals surface area contributed by atoms with E-state index in [1.165, 1.54) is 0 Å². The number of pyridine rings is 2. The van der Waals surface area contributed by atoms with Gasteiger partial charge in [0.2, 0.25) is 0 Å². The maximum absolute atomic E-state index is 12.4. The maximum atomic E-state index is 12.4. The van der Waals surface area contributed by atoms with Crippen LogP contribution in [0.2, 0.25) is 0 Å². The summed E-state index contributed by atoms with van der Waals surface area (Å²) in [6.45, 7) is 4.08. The molecule has 3 aromatic rings. The van der Waals surface area contributed by atoms with Crippen LogP contribution in [-0.4, -0.2) is 30.6 Å². The number of rotatable bonds is 6. The van der Waals surface area contributed by atoms with Crippen molar-refractivity contribution in [3.8, 4) is 0 Å². The number of amides is 1. The van der Waals surface area contributed by atoms with E-state index in [-0.39, 0.29) is 11.2 Å². The molecule has 3 rings (SSSR count). The van der Waals surface area contributed by atoms with Crippen LogP contribution in [0.5, 0.6) is 0 Å². The number of hydrogen-bond acceptors (Lipinski definition) is 6. The monoisotopic (exact) mass is 368 g/mol. The Morgan fingerprint density at radius 1 is 1.35 bits per heavy atom. The van der Waals surface area contributed by atoms with E-state index in [0.717, 1.165) is 22.8 Å². The summed E-state index contributed by atoms with van der Waals surface area (Å²) in [6, 6.07) is 9.24. The Morgan fingerprint density at radius 2 is 2.19 bits per heavy atom. The average Bonchev–Trinajstić information content (AvgIpc) is 3.06. The molecule has 8 heteroatoms. The lowest BCUT2D eigenvalue weighted by Crippen LogP contribution is -2.15. The van der Waals surface area contributed by atoms with Crippen LogP contribution >= 0.6 is 11.8 Å². The molecule has 0 saturated carbocycles. The highest BCUT2D eigenvalue weighted by Crippen LogP contribution is 2.33. The third-order valence-electron chi connectivity index (χ3n) is 3.85. The molecule has 7 nitrogen and oxygen atoms in total. The molecule has 3 heterocycles. The first kappa shape index (κ1) is 18.1. The van der Waals surface area contributed by atoms with Crippen molar-refractivity contribution in [1.29, 1.82) is 0 Å². The number of carbonyl (C=O) groups is 1. The number of thioether (sulfide) groups is 1. The van der Waals surface area contributed by atoms with Crippen LogP contribution in [0.15, 0.2) is 48.0 Å². The Balaban J connectivity index is 1.72. The van der Waals surface area contributed by atoms with Crippen LogP contribution < -0.4 is 5.32 Å². The summed E-state index contributed by atoms with van der Waals surface area (Å²) in [5.41, 5.74) is 2.31. The summed E-state index contributed by atoms with van der Waals surface area (Å²) >= 11 is 1.60. The average molecular weight is 368 g/mol. The van der Waals surface area contributed by atoms with E-state index in [0.29, 0.717) is 11.5 Å². The SMILES string of the molecule is CCc1cccc(C(=O)Nc2cc([C@H](C)Sc3nncn3C)ccn2)n1. The number of carbonyl (C=O) groups excluding carboxylic acids is 1. The van der Waals surface area contributed by atoms with E-state index >= 15 is 0 Å². The molecule has 0 aliphatic carbocycles. The van der Waals surface area contributed by atoms with Crippen LogP contribution in [0.25, 0.3) is 0 Å². The molecular formula is C18H20N6OS. The fourth-order valence-corrected chi connectivity index (χ4v) is 3.26. The van der Waals surface area contributed by atoms with Gasteiger partial charge in [-0.3, -0.25) is 4.79 Å². The van der Waals surface area contributed by atoms with Gasteiger partial charge in [0.1, 0.15) is 17.8 Å². The third kappa shape index (κ3) is 4.26.